The predicted octanol–water partition coefficient (Wildman–Crippen LogP) is -1.73. The monoisotopic (exact) mass is 292 g/mol. The Morgan fingerprint density at radius 3 is 1.75 bits per heavy atom. The van der Waals surface area contributed by atoms with Crippen LogP contribution in [0.15, 0.2) is 0 Å². The van der Waals surface area contributed by atoms with Crippen LogP contribution in [0.1, 0.15) is 6.92 Å². The van der Waals surface area contributed by atoms with E-state index in [-0.39, 0.29) is 30.3 Å². The van der Waals surface area contributed by atoms with Gasteiger partial charge in [-0.25, -0.2) is 0 Å². The summed E-state index contributed by atoms with van der Waals surface area (Å²) >= 11 is 0. The van der Waals surface area contributed by atoms with Crippen LogP contribution in [0, 0.1) is 0 Å². The van der Waals surface area contributed by atoms with Crippen molar-refractivity contribution in [1.29, 1.82) is 0 Å². The van der Waals surface area contributed by atoms with Gasteiger partial charge in [0.1, 0.15) is 18.3 Å². The molecule has 0 saturated carbocycles. The highest BCUT2D eigenvalue weighted by Gasteiger charge is 2.27. The van der Waals surface area contributed by atoms with Crippen LogP contribution in [-0.2, 0) is 4.79 Å². The molecule has 5 nitrogen and oxygen atoms in total. The van der Waals surface area contributed by atoms with E-state index in [9.17, 15) is 4.79 Å². The first kappa shape index (κ1) is 14.7. The maximum absolute atomic E-state index is 9.87. The second-order valence-corrected chi connectivity index (χ2v) is 2.35. The number of hydrogen-bond donors (Lipinski definition) is 4. The lowest BCUT2D eigenvalue weighted by Crippen LogP contribution is -2.43. The average Bonchev–Trinajstić information content (AvgIpc) is 2.00. The van der Waals surface area contributed by atoms with Crippen molar-refractivity contribution in [1.82, 2.24) is 0 Å². The molecule has 12 heavy (non-hydrogen) atoms. The van der Waals surface area contributed by atoms with Gasteiger partial charge in [-0.15, -0.1) is 24.0 Å². The maximum Gasteiger partial charge on any atom is 0.151 e. The Labute approximate surface area is 87.0 Å². The van der Waals surface area contributed by atoms with E-state index in [1.165, 1.54) is 6.92 Å². The summed E-state index contributed by atoms with van der Waals surface area (Å²) in [6, 6.07) is 0. The molecule has 0 radical (unpaired) electrons. The standard InChI is InChI=1S/C6H12O5.HI/c1-3(8)5(10)6(11)4(9)2-7;/h2-6,8-11H,1H3;1H/t3-,4+,5+,6-;/m0./s1. The lowest BCUT2D eigenvalue weighted by atomic mass is 10.1. The second kappa shape index (κ2) is 6.72. The van der Waals surface area contributed by atoms with Gasteiger partial charge in [-0.05, 0) is 6.92 Å². The number of carbonyl (C=O) groups is 1. The van der Waals surface area contributed by atoms with Gasteiger partial charge in [0, 0.05) is 0 Å². The summed E-state index contributed by atoms with van der Waals surface area (Å²) in [4.78, 5) is 9.87. The Balaban J connectivity index is 0. The fourth-order valence-electron chi connectivity index (χ4n) is 0.568. The van der Waals surface area contributed by atoms with E-state index in [2.05, 4.69) is 0 Å². The molecular weight excluding hydrogens is 279 g/mol. The molecule has 0 aromatic heterocycles. The third kappa shape index (κ3) is 4.31. The molecule has 0 amide bonds. The van der Waals surface area contributed by atoms with E-state index < -0.39 is 24.4 Å². The van der Waals surface area contributed by atoms with Gasteiger partial charge in [0.2, 0.25) is 0 Å². The Morgan fingerprint density at radius 2 is 1.50 bits per heavy atom. The summed E-state index contributed by atoms with van der Waals surface area (Å²) < 4.78 is 0. The van der Waals surface area contributed by atoms with Crippen LogP contribution < -0.4 is 0 Å². The van der Waals surface area contributed by atoms with Gasteiger partial charge in [-0.3, -0.25) is 0 Å². The van der Waals surface area contributed by atoms with Crippen LogP contribution in [0.25, 0.3) is 0 Å². The van der Waals surface area contributed by atoms with Crippen LogP contribution >= 0.6 is 24.0 Å². The largest absolute Gasteiger partial charge is 0.391 e. The highest BCUT2D eigenvalue weighted by molar-refractivity contribution is 14.0. The van der Waals surface area contributed by atoms with E-state index in [4.69, 9.17) is 20.4 Å². The molecule has 0 aliphatic heterocycles. The number of hydrogen-bond acceptors (Lipinski definition) is 5. The smallest absolute Gasteiger partial charge is 0.151 e. The molecule has 0 aliphatic carbocycles. The van der Waals surface area contributed by atoms with E-state index in [0.717, 1.165) is 0 Å². The zero-order valence-electron chi connectivity index (χ0n) is 6.49. The summed E-state index contributed by atoms with van der Waals surface area (Å²) in [5, 5.41) is 35.1. The first-order valence-electron chi connectivity index (χ1n) is 3.18. The molecule has 0 unspecified atom stereocenters. The number of aldehydes is 1. The minimum atomic E-state index is -1.65. The fourth-order valence-corrected chi connectivity index (χ4v) is 0.568. The van der Waals surface area contributed by atoms with Crippen molar-refractivity contribution in [2.45, 2.75) is 31.3 Å². The molecule has 0 spiro atoms. The molecule has 0 saturated heterocycles. The Kier molecular flexibility index (Phi) is 8.26. The van der Waals surface area contributed by atoms with Crippen molar-refractivity contribution in [2.75, 3.05) is 0 Å². The van der Waals surface area contributed by atoms with Gasteiger partial charge >= 0.3 is 0 Å². The minimum Gasteiger partial charge on any atom is -0.391 e. The zero-order valence-corrected chi connectivity index (χ0v) is 8.82. The van der Waals surface area contributed by atoms with Crippen molar-refractivity contribution in [3.63, 3.8) is 0 Å². The van der Waals surface area contributed by atoms with Crippen molar-refractivity contribution >= 4 is 30.3 Å². The zero-order chi connectivity index (χ0) is 9.02. The van der Waals surface area contributed by atoms with Crippen LogP contribution in [0.3, 0.4) is 0 Å². The molecular formula is C6H13IO5. The summed E-state index contributed by atoms with van der Waals surface area (Å²) in [5.74, 6) is 0. The molecule has 6 heteroatoms. The quantitative estimate of drug-likeness (QED) is 0.364. The Morgan fingerprint density at radius 1 is 1.08 bits per heavy atom. The van der Waals surface area contributed by atoms with Crippen molar-refractivity contribution in [3.05, 3.63) is 0 Å². The predicted molar refractivity (Wildman–Crippen MR) is 51.2 cm³/mol. The molecule has 0 fully saturated rings. The Bertz CT molecular complexity index is 129. The molecule has 0 aromatic carbocycles. The first-order chi connectivity index (χ1) is 5.00. The van der Waals surface area contributed by atoms with E-state index in [0.29, 0.717) is 0 Å². The third-order valence-electron chi connectivity index (χ3n) is 1.33. The normalized spacial score (nSPS) is 20.1. The maximum atomic E-state index is 9.87. The molecule has 0 aliphatic rings. The van der Waals surface area contributed by atoms with Gasteiger partial charge < -0.3 is 25.2 Å². The van der Waals surface area contributed by atoms with Crippen LogP contribution in [-0.4, -0.2) is 51.1 Å². The second-order valence-electron chi connectivity index (χ2n) is 2.35. The molecule has 0 rings (SSSR count). The van der Waals surface area contributed by atoms with Crippen LogP contribution in [0.4, 0.5) is 0 Å². The molecule has 0 bridgehead atoms. The summed E-state index contributed by atoms with van der Waals surface area (Å²) in [6.07, 6.45) is -5.88. The SMILES string of the molecule is C[C@H](O)[C@@H](O)[C@@H](O)[C@H](O)C=O.I. The van der Waals surface area contributed by atoms with Gasteiger partial charge in [0.25, 0.3) is 0 Å². The summed E-state index contributed by atoms with van der Waals surface area (Å²) in [6.45, 7) is 1.24. The summed E-state index contributed by atoms with van der Waals surface area (Å²) in [7, 11) is 0. The lowest BCUT2D eigenvalue weighted by Gasteiger charge is -2.21. The fraction of sp³-hybridized carbons (Fsp3) is 0.833. The third-order valence-corrected chi connectivity index (χ3v) is 1.33. The molecule has 74 valence electrons. The lowest BCUT2D eigenvalue weighted by molar-refractivity contribution is -0.132. The van der Waals surface area contributed by atoms with Gasteiger partial charge in [-0.2, -0.15) is 0 Å². The van der Waals surface area contributed by atoms with Crippen LogP contribution in [0.5, 0.6) is 0 Å². The average molecular weight is 292 g/mol. The van der Waals surface area contributed by atoms with Gasteiger partial charge in [-0.1, -0.05) is 0 Å². The number of carbonyl (C=O) groups excluding carboxylic acids is 1. The number of halogens is 1. The van der Waals surface area contributed by atoms with Crippen LogP contribution in [0.2, 0.25) is 0 Å². The number of aliphatic hydroxyl groups is 4. The molecule has 4 N–H and O–H groups in total. The van der Waals surface area contributed by atoms with Crippen molar-refractivity contribution in [2.24, 2.45) is 0 Å². The summed E-state index contributed by atoms with van der Waals surface area (Å²) in [5.41, 5.74) is 0. The number of rotatable bonds is 4. The van der Waals surface area contributed by atoms with Gasteiger partial charge in [0.05, 0.1) is 6.10 Å². The molecule has 0 aromatic rings. The molecule has 0 heterocycles. The Hall–Kier alpha value is 0.240. The van der Waals surface area contributed by atoms with Gasteiger partial charge in [0.15, 0.2) is 6.29 Å². The molecule has 4 atom stereocenters. The van der Waals surface area contributed by atoms with E-state index in [1.54, 1.807) is 0 Å². The number of aliphatic hydroxyl groups excluding tert-OH is 4. The highest BCUT2D eigenvalue weighted by Crippen LogP contribution is 2.02. The van der Waals surface area contributed by atoms with Crippen molar-refractivity contribution in [3.8, 4) is 0 Å². The topological polar surface area (TPSA) is 98.0 Å². The van der Waals surface area contributed by atoms with E-state index >= 15 is 0 Å². The van der Waals surface area contributed by atoms with E-state index in [1.807, 2.05) is 0 Å². The first-order valence-corrected chi connectivity index (χ1v) is 3.18. The highest BCUT2D eigenvalue weighted by atomic mass is 127. The minimum absolute atomic E-state index is 0. The van der Waals surface area contributed by atoms with Crippen molar-refractivity contribution < 1.29 is 25.2 Å².